The van der Waals surface area contributed by atoms with Crippen LogP contribution >= 0.6 is 22.9 Å². The minimum absolute atomic E-state index is 0.595. The second kappa shape index (κ2) is 3.08. The van der Waals surface area contributed by atoms with Gasteiger partial charge in [0.2, 0.25) is 0 Å². The highest BCUT2D eigenvalue weighted by Crippen LogP contribution is 2.31. The molecule has 0 radical (unpaired) electrons. The van der Waals surface area contributed by atoms with Gasteiger partial charge in [-0.3, -0.25) is 0 Å². The third-order valence-corrected chi connectivity index (χ3v) is 3.44. The third-order valence-electron chi connectivity index (χ3n) is 2.35. The summed E-state index contributed by atoms with van der Waals surface area (Å²) in [6.07, 6.45) is 0. The van der Waals surface area contributed by atoms with Crippen LogP contribution in [0.15, 0.2) is 30.3 Å². The fraction of sp³-hybridized carbons (Fsp3) is 0. The molecule has 74 valence electrons. The molecule has 0 fully saturated rings. The van der Waals surface area contributed by atoms with E-state index < -0.39 is 0 Å². The number of fused-ring (bicyclic) bond motifs is 3. The average Bonchev–Trinajstić information content (AvgIpc) is 2.58. The molecule has 2 aromatic carbocycles. The molecule has 0 amide bonds. The third kappa shape index (κ3) is 1.35. The Hall–Kier alpha value is -1.32. The van der Waals surface area contributed by atoms with Gasteiger partial charge in [0, 0.05) is 10.4 Å². The Morgan fingerprint density at radius 2 is 2.00 bits per heavy atom. The van der Waals surface area contributed by atoms with Gasteiger partial charge in [-0.2, -0.15) is 0 Å². The van der Waals surface area contributed by atoms with Crippen molar-refractivity contribution in [3.63, 3.8) is 0 Å². The summed E-state index contributed by atoms with van der Waals surface area (Å²) in [5, 5.41) is 3.52. The molecule has 0 unspecified atom stereocenters. The van der Waals surface area contributed by atoms with E-state index in [1.807, 2.05) is 24.3 Å². The number of benzene rings is 2. The van der Waals surface area contributed by atoms with Crippen molar-refractivity contribution in [2.75, 3.05) is 5.73 Å². The lowest BCUT2D eigenvalue weighted by atomic mass is 10.1. The first kappa shape index (κ1) is 8.95. The first-order valence-corrected chi connectivity index (χ1v) is 5.68. The van der Waals surface area contributed by atoms with Crippen LogP contribution < -0.4 is 5.73 Å². The van der Waals surface area contributed by atoms with Crippen molar-refractivity contribution in [3.05, 3.63) is 35.4 Å². The van der Waals surface area contributed by atoms with Crippen molar-refractivity contribution in [3.8, 4) is 0 Å². The maximum atomic E-state index is 5.97. The number of aromatic nitrogens is 1. The first-order chi connectivity index (χ1) is 7.24. The molecule has 1 aromatic heterocycles. The van der Waals surface area contributed by atoms with Gasteiger partial charge in [-0.05, 0) is 23.6 Å². The number of halogens is 1. The normalized spacial score (nSPS) is 11.3. The molecule has 0 atom stereocenters. The zero-order valence-electron chi connectivity index (χ0n) is 7.70. The lowest BCUT2D eigenvalue weighted by Crippen LogP contribution is -1.80. The minimum Gasteiger partial charge on any atom is -0.375 e. The molecule has 1 heterocycles. The molecule has 3 rings (SSSR count). The molecule has 0 aliphatic heterocycles. The molecule has 3 aromatic rings. The van der Waals surface area contributed by atoms with Crippen molar-refractivity contribution in [1.82, 2.24) is 4.98 Å². The monoisotopic (exact) mass is 234 g/mol. The van der Waals surface area contributed by atoms with Crippen molar-refractivity contribution < 1.29 is 0 Å². The average molecular weight is 235 g/mol. The predicted molar refractivity (Wildman–Crippen MR) is 66.5 cm³/mol. The quantitative estimate of drug-likeness (QED) is 0.644. The van der Waals surface area contributed by atoms with Crippen LogP contribution in [0.25, 0.3) is 21.0 Å². The van der Waals surface area contributed by atoms with E-state index >= 15 is 0 Å². The summed E-state index contributed by atoms with van der Waals surface area (Å²) in [6.45, 7) is 0. The zero-order chi connectivity index (χ0) is 10.4. The number of nitrogens with two attached hydrogens (primary N) is 1. The molecule has 15 heavy (non-hydrogen) atoms. The van der Waals surface area contributed by atoms with Gasteiger partial charge < -0.3 is 5.73 Å². The molecular formula is C11H7ClN2S. The van der Waals surface area contributed by atoms with Crippen molar-refractivity contribution >= 4 is 49.1 Å². The van der Waals surface area contributed by atoms with Crippen LogP contribution in [0.1, 0.15) is 0 Å². The lowest BCUT2D eigenvalue weighted by molar-refractivity contribution is 1.51. The van der Waals surface area contributed by atoms with Crippen LogP contribution in [0.3, 0.4) is 0 Å². The molecule has 0 bridgehead atoms. The summed E-state index contributed by atoms with van der Waals surface area (Å²) in [4.78, 5) is 4.32. The lowest BCUT2D eigenvalue weighted by Gasteiger charge is -1.98. The van der Waals surface area contributed by atoms with Gasteiger partial charge in [0.05, 0.1) is 10.2 Å². The SMILES string of the molecule is Nc1nc2c(ccc3ccc(Cl)cc32)s1. The van der Waals surface area contributed by atoms with E-state index in [9.17, 15) is 0 Å². The first-order valence-electron chi connectivity index (χ1n) is 4.48. The second-order valence-electron chi connectivity index (χ2n) is 3.33. The molecule has 4 heteroatoms. The summed E-state index contributed by atoms with van der Waals surface area (Å²) in [5.41, 5.74) is 6.64. The molecule has 2 N–H and O–H groups in total. The number of rotatable bonds is 0. The Balaban J connectivity index is 2.56. The highest BCUT2D eigenvalue weighted by molar-refractivity contribution is 7.22. The summed E-state index contributed by atoms with van der Waals surface area (Å²) in [5.74, 6) is 0. The summed E-state index contributed by atoms with van der Waals surface area (Å²) in [6, 6.07) is 9.90. The summed E-state index contributed by atoms with van der Waals surface area (Å²) >= 11 is 7.47. The van der Waals surface area contributed by atoms with Gasteiger partial charge in [0.15, 0.2) is 5.13 Å². The van der Waals surface area contributed by atoms with E-state index in [1.54, 1.807) is 0 Å². The molecule has 0 aliphatic carbocycles. The number of hydrogen-bond acceptors (Lipinski definition) is 3. The van der Waals surface area contributed by atoms with Crippen LogP contribution in [0.2, 0.25) is 5.02 Å². The van der Waals surface area contributed by atoms with Gasteiger partial charge in [0.25, 0.3) is 0 Å². The molecular weight excluding hydrogens is 228 g/mol. The van der Waals surface area contributed by atoms with Crippen LogP contribution in [-0.2, 0) is 0 Å². The Morgan fingerprint density at radius 1 is 1.20 bits per heavy atom. The van der Waals surface area contributed by atoms with Crippen LogP contribution in [0.5, 0.6) is 0 Å². The highest BCUT2D eigenvalue weighted by Gasteiger charge is 2.05. The van der Waals surface area contributed by atoms with Crippen molar-refractivity contribution in [2.24, 2.45) is 0 Å². The van der Waals surface area contributed by atoms with E-state index in [2.05, 4.69) is 11.1 Å². The zero-order valence-corrected chi connectivity index (χ0v) is 9.27. The van der Waals surface area contributed by atoms with Crippen molar-refractivity contribution in [2.45, 2.75) is 0 Å². The Bertz CT molecular complexity index is 660. The number of nitrogen functional groups attached to an aromatic ring is 1. The number of nitrogens with zero attached hydrogens (tertiary/aromatic N) is 1. The van der Waals surface area contributed by atoms with Crippen LogP contribution in [0, 0.1) is 0 Å². The van der Waals surface area contributed by atoms with Crippen molar-refractivity contribution in [1.29, 1.82) is 0 Å². The Morgan fingerprint density at radius 3 is 2.87 bits per heavy atom. The van der Waals surface area contributed by atoms with E-state index in [0.717, 1.165) is 26.0 Å². The van der Waals surface area contributed by atoms with E-state index in [4.69, 9.17) is 17.3 Å². The fourth-order valence-electron chi connectivity index (χ4n) is 1.70. The van der Waals surface area contributed by atoms with Gasteiger partial charge in [-0.1, -0.05) is 35.1 Å². The Labute approximate surface area is 95.3 Å². The molecule has 0 spiro atoms. The smallest absolute Gasteiger partial charge is 0.181 e. The second-order valence-corrected chi connectivity index (χ2v) is 4.83. The van der Waals surface area contributed by atoms with Gasteiger partial charge >= 0.3 is 0 Å². The van der Waals surface area contributed by atoms with Gasteiger partial charge in [-0.25, -0.2) is 4.98 Å². The maximum absolute atomic E-state index is 5.97. The fourth-order valence-corrected chi connectivity index (χ4v) is 2.62. The highest BCUT2D eigenvalue weighted by atomic mass is 35.5. The molecule has 2 nitrogen and oxygen atoms in total. The standard InChI is InChI=1S/C11H7ClN2S/c12-7-3-1-6-2-4-9-10(8(6)5-7)14-11(13)15-9/h1-5H,(H2,13,14). The van der Waals surface area contributed by atoms with Gasteiger partial charge in [0.1, 0.15) is 0 Å². The largest absolute Gasteiger partial charge is 0.375 e. The summed E-state index contributed by atoms with van der Waals surface area (Å²) in [7, 11) is 0. The number of anilines is 1. The van der Waals surface area contributed by atoms with Gasteiger partial charge in [-0.15, -0.1) is 0 Å². The van der Waals surface area contributed by atoms with Crippen LogP contribution in [0.4, 0.5) is 5.13 Å². The number of thiazole rings is 1. The predicted octanol–water partition coefficient (Wildman–Crippen LogP) is 3.69. The topological polar surface area (TPSA) is 38.9 Å². The Kier molecular flexibility index (Phi) is 1.84. The maximum Gasteiger partial charge on any atom is 0.181 e. The molecule has 0 saturated carbocycles. The van der Waals surface area contributed by atoms with Crippen LogP contribution in [-0.4, -0.2) is 4.98 Å². The number of hydrogen-bond donors (Lipinski definition) is 1. The van der Waals surface area contributed by atoms with E-state index in [1.165, 1.54) is 11.3 Å². The molecule has 0 saturated heterocycles. The summed E-state index contributed by atoms with van der Waals surface area (Å²) < 4.78 is 1.10. The molecule has 0 aliphatic rings. The minimum atomic E-state index is 0.595. The van der Waals surface area contributed by atoms with E-state index in [0.29, 0.717) is 5.13 Å². The van der Waals surface area contributed by atoms with E-state index in [-0.39, 0.29) is 0 Å².